The normalized spacial score (nSPS) is 31.2. The third kappa shape index (κ3) is 2.73. The molecule has 1 atom stereocenters. The van der Waals surface area contributed by atoms with E-state index in [2.05, 4.69) is 12.2 Å². The van der Waals surface area contributed by atoms with Gasteiger partial charge >= 0.3 is 0 Å². The maximum atomic E-state index is 5.77. The monoisotopic (exact) mass is 172 g/mol. The zero-order valence-corrected chi connectivity index (χ0v) is 8.05. The van der Waals surface area contributed by atoms with E-state index in [1.54, 1.807) is 7.11 Å². The van der Waals surface area contributed by atoms with E-state index >= 15 is 0 Å². The van der Waals surface area contributed by atoms with Crippen LogP contribution in [0.15, 0.2) is 0 Å². The number of methoxy groups -OCH3 is 1. The lowest BCUT2D eigenvalue weighted by Gasteiger charge is -2.35. The van der Waals surface area contributed by atoms with Crippen molar-refractivity contribution in [2.45, 2.75) is 44.4 Å². The minimum Gasteiger partial charge on any atom is -0.381 e. The summed E-state index contributed by atoms with van der Waals surface area (Å²) in [5.41, 5.74) is 5.77. The summed E-state index contributed by atoms with van der Waals surface area (Å²) in [7, 11) is 1.78. The molecule has 1 aliphatic carbocycles. The summed E-state index contributed by atoms with van der Waals surface area (Å²) in [6.07, 6.45) is 3.83. The van der Waals surface area contributed by atoms with Gasteiger partial charge in [0.15, 0.2) is 0 Å². The van der Waals surface area contributed by atoms with Crippen molar-refractivity contribution < 1.29 is 4.74 Å². The molecule has 3 heteroatoms. The molecule has 0 amide bonds. The molecule has 72 valence electrons. The summed E-state index contributed by atoms with van der Waals surface area (Å²) in [6.45, 7) is 3.06. The smallest absolute Gasteiger partial charge is 0.0601 e. The van der Waals surface area contributed by atoms with Gasteiger partial charge in [-0.15, -0.1) is 0 Å². The van der Waals surface area contributed by atoms with Crippen LogP contribution in [0.25, 0.3) is 0 Å². The number of rotatable bonds is 5. The Bertz CT molecular complexity index is 124. The van der Waals surface area contributed by atoms with Gasteiger partial charge in [0.05, 0.1) is 6.10 Å². The fourth-order valence-electron chi connectivity index (χ4n) is 1.39. The maximum absolute atomic E-state index is 5.77. The van der Waals surface area contributed by atoms with E-state index in [0.29, 0.717) is 18.2 Å². The largest absolute Gasteiger partial charge is 0.381 e. The van der Waals surface area contributed by atoms with Crippen molar-refractivity contribution in [3.05, 3.63) is 0 Å². The first-order chi connectivity index (χ1) is 5.76. The summed E-state index contributed by atoms with van der Waals surface area (Å²) in [5.74, 6) is 0. The number of ether oxygens (including phenoxy) is 1. The highest BCUT2D eigenvalue weighted by Crippen LogP contribution is 2.22. The predicted molar refractivity (Wildman–Crippen MR) is 50.1 cm³/mol. The highest BCUT2D eigenvalue weighted by Gasteiger charge is 2.28. The first kappa shape index (κ1) is 9.96. The summed E-state index contributed by atoms with van der Waals surface area (Å²) >= 11 is 0. The van der Waals surface area contributed by atoms with E-state index in [9.17, 15) is 0 Å². The quantitative estimate of drug-likeness (QED) is 0.634. The Balaban J connectivity index is 1.96. The van der Waals surface area contributed by atoms with Crippen LogP contribution in [0, 0.1) is 0 Å². The molecule has 3 N–H and O–H groups in total. The van der Waals surface area contributed by atoms with Crippen molar-refractivity contribution in [3.63, 3.8) is 0 Å². The number of nitrogens with one attached hydrogen (secondary N) is 1. The fourth-order valence-corrected chi connectivity index (χ4v) is 1.39. The van der Waals surface area contributed by atoms with Gasteiger partial charge in [0.1, 0.15) is 0 Å². The highest BCUT2D eigenvalue weighted by molar-refractivity contribution is 4.86. The predicted octanol–water partition coefficient (Wildman–Crippen LogP) is 0.491. The molecule has 0 saturated heterocycles. The van der Waals surface area contributed by atoms with E-state index in [1.807, 2.05) is 0 Å². The summed E-state index contributed by atoms with van der Waals surface area (Å²) in [5, 5.41) is 3.43. The lowest BCUT2D eigenvalue weighted by Crippen LogP contribution is -2.48. The Morgan fingerprint density at radius 3 is 2.75 bits per heavy atom. The molecule has 1 fully saturated rings. The zero-order chi connectivity index (χ0) is 8.97. The third-order valence-electron chi connectivity index (χ3n) is 2.62. The molecule has 0 heterocycles. The molecule has 1 saturated carbocycles. The van der Waals surface area contributed by atoms with Crippen LogP contribution < -0.4 is 11.1 Å². The Morgan fingerprint density at radius 2 is 2.25 bits per heavy atom. The second-order valence-corrected chi connectivity index (χ2v) is 3.60. The van der Waals surface area contributed by atoms with Gasteiger partial charge in [-0.25, -0.2) is 0 Å². The van der Waals surface area contributed by atoms with Crippen molar-refractivity contribution in [1.82, 2.24) is 5.32 Å². The van der Waals surface area contributed by atoms with E-state index in [1.165, 1.54) is 0 Å². The number of hydrogen-bond acceptors (Lipinski definition) is 3. The van der Waals surface area contributed by atoms with Crippen LogP contribution in [0.2, 0.25) is 0 Å². The highest BCUT2D eigenvalue weighted by atomic mass is 16.5. The van der Waals surface area contributed by atoms with Gasteiger partial charge in [0.25, 0.3) is 0 Å². The maximum Gasteiger partial charge on any atom is 0.0601 e. The van der Waals surface area contributed by atoms with Crippen molar-refractivity contribution in [2.24, 2.45) is 5.73 Å². The molecular weight excluding hydrogens is 152 g/mol. The summed E-state index contributed by atoms with van der Waals surface area (Å²) in [4.78, 5) is 0. The van der Waals surface area contributed by atoms with Gasteiger partial charge in [-0.05, 0) is 19.3 Å². The van der Waals surface area contributed by atoms with Gasteiger partial charge < -0.3 is 15.8 Å². The van der Waals surface area contributed by atoms with Crippen molar-refractivity contribution in [2.75, 3.05) is 13.7 Å². The Kier molecular flexibility index (Phi) is 3.98. The molecule has 0 aliphatic heterocycles. The van der Waals surface area contributed by atoms with Crippen molar-refractivity contribution in [3.8, 4) is 0 Å². The minimum atomic E-state index is 0.312. The summed E-state index contributed by atoms with van der Waals surface area (Å²) in [6, 6.07) is 0.958. The molecule has 1 aliphatic rings. The van der Waals surface area contributed by atoms with Crippen LogP contribution in [0.4, 0.5) is 0 Å². The average Bonchev–Trinajstić information content (AvgIpc) is 2.01. The fraction of sp³-hybridized carbons (Fsp3) is 1.00. The van der Waals surface area contributed by atoms with Crippen LogP contribution in [0.1, 0.15) is 26.2 Å². The molecule has 0 aromatic rings. The van der Waals surface area contributed by atoms with Crippen LogP contribution in [-0.2, 0) is 4.74 Å². The Morgan fingerprint density at radius 1 is 1.58 bits per heavy atom. The zero-order valence-electron chi connectivity index (χ0n) is 8.05. The second kappa shape index (κ2) is 4.80. The third-order valence-corrected chi connectivity index (χ3v) is 2.62. The van der Waals surface area contributed by atoms with E-state index in [4.69, 9.17) is 10.5 Å². The topological polar surface area (TPSA) is 47.3 Å². The molecule has 0 bridgehead atoms. The molecule has 12 heavy (non-hydrogen) atoms. The second-order valence-electron chi connectivity index (χ2n) is 3.60. The molecule has 0 aromatic carbocycles. The van der Waals surface area contributed by atoms with Crippen LogP contribution in [0.3, 0.4) is 0 Å². The minimum absolute atomic E-state index is 0.312. The lowest BCUT2D eigenvalue weighted by atomic mass is 9.89. The van der Waals surface area contributed by atoms with Gasteiger partial charge in [-0.1, -0.05) is 6.92 Å². The van der Waals surface area contributed by atoms with Crippen molar-refractivity contribution in [1.29, 1.82) is 0 Å². The van der Waals surface area contributed by atoms with E-state index < -0.39 is 0 Å². The molecular formula is C9H20N2O. The van der Waals surface area contributed by atoms with Gasteiger partial charge in [-0.3, -0.25) is 0 Å². The molecule has 1 rings (SSSR count). The van der Waals surface area contributed by atoms with Crippen LogP contribution >= 0.6 is 0 Å². The van der Waals surface area contributed by atoms with Gasteiger partial charge in [0.2, 0.25) is 0 Å². The molecule has 1 unspecified atom stereocenters. The first-order valence-electron chi connectivity index (χ1n) is 4.78. The SMILES string of the molecule is CCC(N)CNC1CC(OC)C1. The average molecular weight is 172 g/mol. The molecule has 0 spiro atoms. The molecule has 3 nitrogen and oxygen atoms in total. The van der Waals surface area contributed by atoms with Gasteiger partial charge in [-0.2, -0.15) is 0 Å². The lowest BCUT2D eigenvalue weighted by molar-refractivity contribution is 0.0172. The standard InChI is InChI=1S/C9H20N2O/c1-3-7(10)6-11-8-4-9(5-8)12-2/h7-9,11H,3-6,10H2,1-2H3. The summed E-state index contributed by atoms with van der Waals surface area (Å²) < 4.78 is 5.18. The Labute approximate surface area is 74.7 Å². The van der Waals surface area contributed by atoms with E-state index in [0.717, 1.165) is 25.8 Å². The Hall–Kier alpha value is -0.120. The molecule has 0 aromatic heterocycles. The van der Waals surface area contributed by atoms with E-state index in [-0.39, 0.29) is 0 Å². The van der Waals surface area contributed by atoms with Crippen molar-refractivity contribution >= 4 is 0 Å². The first-order valence-corrected chi connectivity index (χ1v) is 4.78. The number of hydrogen-bond donors (Lipinski definition) is 2. The number of nitrogens with two attached hydrogens (primary N) is 1. The molecule has 0 radical (unpaired) electrons. The van der Waals surface area contributed by atoms with Gasteiger partial charge in [0, 0.05) is 25.7 Å². The van der Waals surface area contributed by atoms with Crippen LogP contribution in [0.5, 0.6) is 0 Å². The van der Waals surface area contributed by atoms with Crippen LogP contribution in [-0.4, -0.2) is 31.8 Å².